The zero-order valence-electron chi connectivity index (χ0n) is 11.9. The van der Waals surface area contributed by atoms with Gasteiger partial charge in [-0.1, -0.05) is 28.1 Å². The van der Waals surface area contributed by atoms with Crippen LogP contribution in [0.25, 0.3) is 0 Å². The Morgan fingerprint density at radius 3 is 2.60 bits per heavy atom. The molecule has 0 aromatic heterocycles. The van der Waals surface area contributed by atoms with Crippen molar-refractivity contribution in [3.63, 3.8) is 0 Å². The van der Waals surface area contributed by atoms with E-state index >= 15 is 0 Å². The summed E-state index contributed by atoms with van der Waals surface area (Å²) in [5, 5.41) is 6.11. The molecule has 1 aromatic carbocycles. The molecule has 0 saturated carbocycles. The van der Waals surface area contributed by atoms with Crippen molar-refractivity contribution in [2.24, 2.45) is 5.73 Å². The Bertz CT molecular complexity index is 512. The number of anilines is 1. The molecule has 110 valence electrons. The summed E-state index contributed by atoms with van der Waals surface area (Å²) in [6.45, 7) is 6.39. The van der Waals surface area contributed by atoms with Crippen LogP contribution in [0, 0.1) is 0 Å². The average Bonchev–Trinajstić information content (AvgIpc) is 2.26. The molecule has 0 spiro atoms. The molecule has 0 aliphatic carbocycles. The molecule has 0 aliphatic rings. The Morgan fingerprint density at radius 1 is 1.40 bits per heavy atom. The Balaban J connectivity index is 2.60. The average molecular weight is 358 g/mol. The van der Waals surface area contributed by atoms with E-state index in [2.05, 4.69) is 26.6 Å². The quantitative estimate of drug-likeness (QED) is 0.708. The molecule has 0 bridgehead atoms. The maximum atomic E-state index is 11.7. The van der Waals surface area contributed by atoms with Gasteiger partial charge in [-0.2, -0.15) is 0 Å². The van der Waals surface area contributed by atoms with Crippen LogP contribution in [-0.2, 0) is 4.79 Å². The van der Waals surface area contributed by atoms with Crippen molar-refractivity contribution in [2.45, 2.75) is 32.7 Å². The van der Waals surface area contributed by atoms with Gasteiger partial charge in [0.05, 0.1) is 0 Å². The van der Waals surface area contributed by atoms with Gasteiger partial charge >= 0.3 is 0 Å². The van der Waals surface area contributed by atoms with Crippen molar-refractivity contribution < 1.29 is 4.79 Å². The molecule has 1 aromatic rings. The molecule has 0 aliphatic heterocycles. The highest BCUT2D eigenvalue weighted by Crippen LogP contribution is 2.21. The van der Waals surface area contributed by atoms with Gasteiger partial charge < -0.3 is 16.4 Å². The molecule has 1 rings (SSSR count). The normalized spacial score (nSPS) is 11.0. The molecule has 0 radical (unpaired) electrons. The van der Waals surface area contributed by atoms with Gasteiger partial charge in [0.1, 0.15) is 4.99 Å². The standard InChI is InChI=1S/C14H20BrN3OS/c1-14(2,3)18-12(19)6-7-17-11-8-9(15)4-5-10(11)13(16)20/h4-5,8,17H,6-7H2,1-3H3,(H2,16,20)(H,18,19). The summed E-state index contributed by atoms with van der Waals surface area (Å²) in [7, 11) is 0. The number of carbonyl (C=O) groups is 1. The fourth-order valence-electron chi connectivity index (χ4n) is 1.67. The van der Waals surface area contributed by atoms with E-state index in [-0.39, 0.29) is 11.4 Å². The van der Waals surface area contributed by atoms with Gasteiger partial charge in [0.15, 0.2) is 0 Å². The predicted octanol–water partition coefficient (Wildman–Crippen LogP) is 2.80. The zero-order valence-corrected chi connectivity index (χ0v) is 14.3. The number of benzene rings is 1. The van der Waals surface area contributed by atoms with E-state index in [1.54, 1.807) is 0 Å². The summed E-state index contributed by atoms with van der Waals surface area (Å²) in [6.07, 6.45) is 0.389. The maximum Gasteiger partial charge on any atom is 0.222 e. The summed E-state index contributed by atoms with van der Waals surface area (Å²) in [5.41, 5.74) is 7.07. The van der Waals surface area contributed by atoms with Crippen molar-refractivity contribution in [3.8, 4) is 0 Å². The summed E-state index contributed by atoms with van der Waals surface area (Å²) >= 11 is 8.41. The Kier molecular flexibility index (Phi) is 5.95. The first-order valence-electron chi connectivity index (χ1n) is 6.33. The van der Waals surface area contributed by atoms with Gasteiger partial charge in [0.2, 0.25) is 5.91 Å². The Hall–Kier alpha value is -1.14. The minimum atomic E-state index is -0.211. The van der Waals surface area contributed by atoms with Crippen molar-refractivity contribution in [1.82, 2.24) is 5.32 Å². The van der Waals surface area contributed by atoms with E-state index in [1.807, 2.05) is 39.0 Å². The van der Waals surface area contributed by atoms with Crippen molar-refractivity contribution >= 4 is 44.7 Å². The number of hydrogen-bond donors (Lipinski definition) is 3. The van der Waals surface area contributed by atoms with Gasteiger partial charge in [-0.15, -0.1) is 0 Å². The number of halogens is 1. The zero-order chi connectivity index (χ0) is 15.3. The van der Waals surface area contributed by atoms with Crippen LogP contribution >= 0.6 is 28.1 Å². The van der Waals surface area contributed by atoms with Crippen LogP contribution in [0.2, 0.25) is 0 Å². The number of amides is 1. The lowest BCUT2D eigenvalue weighted by Gasteiger charge is -2.20. The van der Waals surface area contributed by atoms with Crippen molar-refractivity contribution in [1.29, 1.82) is 0 Å². The second-order valence-corrected chi connectivity index (χ2v) is 6.88. The van der Waals surface area contributed by atoms with Crippen LogP contribution < -0.4 is 16.4 Å². The second kappa shape index (κ2) is 7.04. The number of rotatable bonds is 5. The molecule has 0 fully saturated rings. The third-order valence-electron chi connectivity index (χ3n) is 2.43. The largest absolute Gasteiger partial charge is 0.389 e. The van der Waals surface area contributed by atoms with E-state index < -0.39 is 0 Å². The molecule has 4 nitrogen and oxygen atoms in total. The molecule has 6 heteroatoms. The van der Waals surface area contributed by atoms with Gasteiger partial charge in [-0.3, -0.25) is 4.79 Å². The fourth-order valence-corrected chi connectivity index (χ4v) is 2.21. The second-order valence-electron chi connectivity index (χ2n) is 5.53. The van der Waals surface area contributed by atoms with E-state index in [0.29, 0.717) is 18.0 Å². The summed E-state index contributed by atoms with van der Waals surface area (Å²) in [4.78, 5) is 12.1. The number of nitrogens with one attached hydrogen (secondary N) is 2. The van der Waals surface area contributed by atoms with Crippen LogP contribution in [0.4, 0.5) is 5.69 Å². The molecular weight excluding hydrogens is 338 g/mol. The highest BCUT2D eigenvalue weighted by atomic mass is 79.9. The third kappa shape index (κ3) is 5.88. The monoisotopic (exact) mass is 357 g/mol. The maximum absolute atomic E-state index is 11.7. The molecule has 0 atom stereocenters. The minimum Gasteiger partial charge on any atom is -0.389 e. The van der Waals surface area contributed by atoms with E-state index in [9.17, 15) is 4.79 Å². The van der Waals surface area contributed by atoms with Gasteiger partial charge in [-0.25, -0.2) is 0 Å². The number of carbonyl (C=O) groups excluding carboxylic acids is 1. The summed E-state index contributed by atoms with van der Waals surface area (Å²) in [6, 6.07) is 5.63. The summed E-state index contributed by atoms with van der Waals surface area (Å²) < 4.78 is 0.930. The molecule has 0 heterocycles. The lowest BCUT2D eigenvalue weighted by Crippen LogP contribution is -2.41. The van der Waals surface area contributed by atoms with E-state index in [4.69, 9.17) is 18.0 Å². The first kappa shape index (κ1) is 16.9. The lowest BCUT2D eigenvalue weighted by atomic mass is 10.1. The van der Waals surface area contributed by atoms with Gasteiger partial charge in [-0.05, 0) is 39.0 Å². The Labute approximate surface area is 133 Å². The highest BCUT2D eigenvalue weighted by Gasteiger charge is 2.13. The van der Waals surface area contributed by atoms with E-state index in [1.165, 1.54) is 0 Å². The first-order chi connectivity index (χ1) is 9.19. The molecule has 1 amide bonds. The third-order valence-corrected chi connectivity index (χ3v) is 3.14. The van der Waals surface area contributed by atoms with Crippen LogP contribution in [0.15, 0.2) is 22.7 Å². The fraction of sp³-hybridized carbons (Fsp3) is 0.429. The summed E-state index contributed by atoms with van der Waals surface area (Å²) in [5.74, 6) is 0.0110. The molecule has 0 saturated heterocycles. The van der Waals surface area contributed by atoms with Gasteiger partial charge in [0.25, 0.3) is 0 Å². The number of hydrogen-bond acceptors (Lipinski definition) is 3. The van der Waals surface area contributed by atoms with Crippen molar-refractivity contribution in [3.05, 3.63) is 28.2 Å². The van der Waals surface area contributed by atoms with Crippen LogP contribution in [0.5, 0.6) is 0 Å². The first-order valence-corrected chi connectivity index (χ1v) is 7.53. The van der Waals surface area contributed by atoms with Crippen LogP contribution in [0.3, 0.4) is 0 Å². The van der Waals surface area contributed by atoms with Crippen LogP contribution in [-0.4, -0.2) is 23.0 Å². The van der Waals surface area contributed by atoms with Crippen LogP contribution in [0.1, 0.15) is 32.8 Å². The topological polar surface area (TPSA) is 67.2 Å². The number of thiocarbonyl (C=S) groups is 1. The molecular formula is C14H20BrN3OS. The molecule has 0 unspecified atom stereocenters. The van der Waals surface area contributed by atoms with E-state index in [0.717, 1.165) is 15.7 Å². The SMILES string of the molecule is CC(C)(C)NC(=O)CCNc1cc(Br)ccc1C(N)=S. The van der Waals surface area contributed by atoms with Crippen molar-refractivity contribution in [2.75, 3.05) is 11.9 Å². The highest BCUT2D eigenvalue weighted by molar-refractivity contribution is 9.10. The minimum absolute atomic E-state index is 0.0110. The predicted molar refractivity (Wildman–Crippen MR) is 91.0 cm³/mol. The number of nitrogens with two attached hydrogens (primary N) is 1. The van der Waals surface area contributed by atoms with Gasteiger partial charge in [0, 0.05) is 34.2 Å². The smallest absolute Gasteiger partial charge is 0.222 e. The lowest BCUT2D eigenvalue weighted by molar-refractivity contribution is -0.122. The molecule has 4 N–H and O–H groups in total. The Morgan fingerprint density at radius 2 is 2.05 bits per heavy atom. The molecule has 20 heavy (non-hydrogen) atoms.